The maximum absolute atomic E-state index is 13.7. The lowest BCUT2D eigenvalue weighted by molar-refractivity contribution is 0.0696. The summed E-state index contributed by atoms with van der Waals surface area (Å²) in [6.45, 7) is 3.66. The third-order valence-electron chi connectivity index (χ3n) is 4.56. The van der Waals surface area contributed by atoms with Crippen LogP contribution in [0, 0.1) is 11.7 Å². The number of pyridine rings is 1. The predicted molar refractivity (Wildman–Crippen MR) is 96.2 cm³/mol. The normalized spacial score (nSPS) is 14.9. The number of carboxylic acid groups (broad SMARTS) is 1. The Kier molecular flexibility index (Phi) is 5.16. The predicted octanol–water partition coefficient (Wildman–Crippen LogP) is 3.41. The zero-order chi connectivity index (χ0) is 18.7. The van der Waals surface area contributed by atoms with E-state index < -0.39 is 17.7 Å². The summed E-state index contributed by atoms with van der Waals surface area (Å²) in [7, 11) is 0. The number of carbonyl (C=O) groups is 2. The van der Waals surface area contributed by atoms with Gasteiger partial charge in [0.25, 0.3) is 5.91 Å². The van der Waals surface area contributed by atoms with E-state index in [1.54, 1.807) is 6.07 Å². The highest BCUT2D eigenvalue weighted by molar-refractivity contribution is 6.05. The van der Waals surface area contributed by atoms with Crippen LogP contribution in [0.2, 0.25) is 0 Å². The SMILES string of the molecule is CC1CCN(c2ncc(NC(=O)c3ccccc3F)cc2C(=O)O)CC1. The molecule has 0 radical (unpaired) electrons. The van der Waals surface area contributed by atoms with Crippen LogP contribution in [-0.4, -0.2) is 35.1 Å². The molecule has 7 heteroatoms. The van der Waals surface area contributed by atoms with Gasteiger partial charge in [0, 0.05) is 13.1 Å². The summed E-state index contributed by atoms with van der Waals surface area (Å²) < 4.78 is 13.7. The van der Waals surface area contributed by atoms with Crippen molar-refractivity contribution in [2.75, 3.05) is 23.3 Å². The van der Waals surface area contributed by atoms with E-state index >= 15 is 0 Å². The van der Waals surface area contributed by atoms with Crippen LogP contribution in [0.25, 0.3) is 0 Å². The maximum atomic E-state index is 13.7. The van der Waals surface area contributed by atoms with Gasteiger partial charge in [0.05, 0.1) is 17.4 Å². The van der Waals surface area contributed by atoms with Crippen LogP contribution in [-0.2, 0) is 0 Å². The number of nitrogens with zero attached hydrogens (tertiary/aromatic N) is 2. The Morgan fingerprint density at radius 2 is 1.92 bits per heavy atom. The molecular formula is C19H20FN3O3. The van der Waals surface area contributed by atoms with Crippen molar-refractivity contribution in [3.63, 3.8) is 0 Å². The molecule has 26 heavy (non-hydrogen) atoms. The molecular weight excluding hydrogens is 337 g/mol. The molecule has 0 unspecified atom stereocenters. The molecule has 1 aliphatic heterocycles. The number of hydrogen-bond donors (Lipinski definition) is 2. The molecule has 1 saturated heterocycles. The Balaban J connectivity index is 1.83. The highest BCUT2D eigenvalue weighted by Gasteiger charge is 2.23. The van der Waals surface area contributed by atoms with Crippen LogP contribution in [0.15, 0.2) is 36.5 Å². The van der Waals surface area contributed by atoms with Gasteiger partial charge in [-0.15, -0.1) is 0 Å². The molecule has 1 amide bonds. The standard InChI is InChI=1S/C19H20FN3O3/c1-12-6-8-23(9-7-12)17-15(19(25)26)10-13(11-21-17)22-18(24)14-4-2-3-5-16(14)20/h2-5,10-12H,6-9H2,1H3,(H,22,24)(H,25,26). The number of benzene rings is 1. The van der Waals surface area contributed by atoms with Crippen LogP contribution in [0.1, 0.15) is 40.5 Å². The lowest BCUT2D eigenvalue weighted by atomic mass is 9.99. The Bertz CT molecular complexity index is 833. The van der Waals surface area contributed by atoms with E-state index in [4.69, 9.17) is 0 Å². The van der Waals surface area contributed by atoms with Crippen molar-refractivity contribution in [3.05, 3.63) is 53.5 Å². The Morgan fingerprint density at radius 1 is 1.23 bits per heavy atom. The van der Waals surface area contributed by atoms with E-state index in [1.807, 2.05) is 4.90 Å². The molecule has 1 fully saturated rings. The van der Waals surface area contributed by atoms with Gasteiger partial charge in [-0.2, -0.15) is 0 Å². The second kappa shape index (κ2) is 7.51. The van der Waals surface area contributed by atoms with Gasteiger partial charge in [-0.3, -0.25) is 4.79 Å². The van der Waals surface area contributed by atoms with Crippen LogP contribution in [0.5, 0.6) is 0 Å². The molecule has 0 bridgehead atoms. The topological polar surface area (TPSA) is 82.5 Å². The number of hydrogen-bond acceptors (Lipinski definition) is 4. The molecule has 1 aromatic heterocycles. The number of aromatic nitrogens is 1. The first-order chi connectivity index (χ1) is 12.5. The summed E-state index contributed by atoms with van der Waals surface area (Å²) in [4.78, 5) is 30.1. The fourth-order valence-corrected chi connectivity index (χ4v) is 3.00. The Labute approximate surface area is 150 Å². The van der Waals surface area contributed by atoms with Crippen molar-refractivity contribution >= 4 is 23.4 Å². The third kappa shape index (κ3) is 3.82. The summed E-state index contributed by atoms with van der Waals surface area (Å²) >= 11 is 0. The van der Waals surface area contributed by atoms with E-state index in [0.29, 0.717) is 11.7 Å². The highest BCUT2D eigenvalue weighted by atomic mass is 19.1. The van der Waals surface area contributed by atoms with E-state index in [1.165, 1.54) is 30.5 Å². The number of carboxylic acids is 1. The van der Waals surface area contributed by atoms with E-state index in [2.05, 4.69) is 17.2 Å². The van der Waals surface area contributed by atoms with Gasteiger partial charge in [-0.05, 0) is 37.0 Å². The van der Waals surface area contributed by atoms with Gasteiger partial charge in [0.1, 0.15) is 17.2 Å². The van der Waals surface area contributed by atoms with Crippen LogP contribution >= 0.6 is 0 Å². The van der Waals surface area contributed by atoms with Crippen molar-refractivity contribution < 1.29 is 19.1 Å². The quantitative estimate of drug-likeness (QED) is 0.876. The molecule has 136 valence electrons. The molecule has 2 N–H and O–H groups in total. The van der Waals surface area contributed by atoms with Crippen molar-refractivity contribution in [2.24, 2.45) is 5.92 Å². The monoisotopic (exact) mass is 357 g/mol. The maximum Gasteiger partial charge on any atom is 0.339 e. The third-order valence-corrected chi connectivity index (χ3v) is 4.56. The van der Waals surface area contributed by atoms with Crippen molar-refractivity contribution in [1.29, 1.82) is 0 Å². The molecule has 0 saturated carbocycles. The van der Waals surface area contributed by atoms with Gasteiger partial charge >= 0.3 is 5.97 Å². The smallest absolute Gasteiger partial charge is 0.339 e. The average molecular weight is 357 g/mol. The Morgan fingerprint density at radius 3 is 2.58 bits per heavy atom. The first-order valence-corrected chi connectivity index (χ1v) is 8.50. The molecule has 1 aliphatic rings. The lowest BCUT2D eigenvalue weighted by Gasteiger charge is -2.32. The number of carbonyl (C=O) groups excluding carboxylic acids is 1. The number of nitrogens with one attached hydrogen (secondary N) is 1. The molecule has 2 heterocycles. The lowest BCUT2D eigenvalue weighted by Crippen LogP contribution is -2.34. The minimum absolute atomic E-state index is 0.0193. The van der Waals surface area contributed by atoms with Crippen LogP contribution in [0.3, 0.4) is 0 Å². The molecule has 2 aromatic rings. The van der Waals surface area contributed by atoms with Gasteiger partial charge < -0.3 is 15.3 Å². The minimum Gasteiger partial charge on any atom is -0.478 e. The molecule has 6 nitrogen and oxygen atoms in total. The summed E-state index contributed by atoms with van der Waals surface area (Å²) in [5.41, 5.74) is 0.120. The van der Waals surface area contributed by atoms with E-state index in [9.17, 15) is 19.1 Å². The van der Waals surface area contributed by atoms with Gasteiger partial charge in [-0.25, -0.2) is 14.2 Å². The van der Waals surface area contributed by atoms with Crippen LogP contribution in [0.4, 0.5) is 15.9 Å². The number of aromatic carboxylic acids is 1. The second-order valence-electron chi connectivity index (χ2n) is 6.50. The molecule has 0 atom stereocenters. The first kappa shape index (κ1) is 17.8. The molecule has 0 spiro atoms. The van der Waals surface area contributed by atoms with Crippen molar-refractivity contribution in [2.45, 2.75) is 19.8 Å². The molecule has 1 aromatic carbocycles. The average Bonchev–Trinajstić information content (AvgIpc) is 2.62. The van der Waals surface area contributed by atoms with Crippen LogP contribution < -0.4 is 10.2 Å². The van der Waals surface area contributed by atoms with Gasteiger partial charge in [0.15, 0.2) is 0 Å². The number of amides is 1. The molecule has 3 rings (SSSR count). The summed E-state index contributed by atoms with van der Waals surface area (Å²) in [6.07, 6.45) is 3.36. The zero-order valence-corrected chi connectivity index (χ0v) is 14.4. The van der Waals surface area contributed by atoms with E-state index in [-0.39, 0.29) is 16.8 Å². The van der Waals surface area contributed by atoms with Gasteiger partial charge in [-0.1, -0.05) is 19.1 Å². The number of piperidine rings is 1. The Hall–Kier alpha value is -2.96. The first-order valence-electron chi connectivity index (χ1n) is 8.50. The highest BCUT2D eigenvalue weighted by Crippen LogP contribution is 2.26. The summed E-state index contributed by atoms with van der Waals surface area (Å²) in [6, 6.07) is 6.96. The second-order valence-corrected chi connectivity index (χ2v) is 6.50. The summed E-state index contributed by atoms with van der Waals surface area (Å²) in [5, 5.41) is 12.0. The van der Waals surface area contributed by atoms with Crippen molar-refractivity contribution in [1.82, 2.24) is 4.98 Å². The fourth-order valence-electron chi connectivity index (χ4n) is 3.00. The van der Waals surface area contributed by atoms with E-state index in [0.717, 1.165) is 25.9 Å². The number of anilines is 2. The minimum atomic E-state index is -1.12. The number of rotatable bonds is 4. The largest absolute Gasteiger partial charge is 0.478 e. The van der Waals surface area contributed by atoms with Gasteiger partial charge in [0.2, 0.25) is 0 Å². The van der Waals surface area contributed by atoms with Crippen molar-refractivity contribution in [3.8, 4) is 0 Å². The fraction of sp³-hybridized carbons (Fsp3) is 0.316. The number of halogens is 1. The molecule has 0 aliphatic carbocycles. The zero-order valence-electron chi connectivity index (χ0n) is 14.4. The summed E-state index contributed by atoms with van der Waals surface area (Å²) in [5.74, 6) is -1.41.